The molecule has 0 saturated heterocycles. The van der Waals surface area contributed by atoms with Crippen LogP contribution >= 0.6 is 11.3 Å². The van der Waals surface area contributed by atoms with E-state index in [0.717, 1.165) is 23.5 Å². The molecule has 1 aromatic heterocycles. The molecule has 2 aromatic rings. The van der Waals surface area contributed by atoms with E-state index < -0.39 is 29.5 Å². The lowest BCUT2D eigenvalue weighted by molar-refractivity contribution is -0.255. The number of hydrogen-bond donors (Lipinski definition) is 1. The molecular formula is C14H10F3N2O3S-. The molecule has 5 nitrogen and oxygen atoms in total. The maximum absolute atomic E-state index is 12.9. The number of aromatic nitrogens is 1. The number of nitrogens with zero attached hydrogens (tertiary/aromatic N) is 1. The summed E-state index contributed by atoms with van der Waals surface area (Å²) in [4.78, 5) is 26.5. The number of carbonyl (C=O) groups is 2. The van der Waals surface area contributed by atoms with E-state index in [4.69, 9.17) is 0 Å². The van der Waals surface area contributed by atoms with E-state index in [0.29, 0.717) is 0 Å². The van der Waals surface area contributed by atoms with Crippen LogP contribution in [-0.2, 0) is 11.0 Å². The quantitative estimate of drug-likeness (QED) is 0.923. The van der Waals surface area contributed by atoms with E-state index in [1.165, 1.54) is 24.4 Å². The van der Waals surface area contributed by atoms with Gasteiger partial charge in [0.15, 0.2) is 0 Å². The third-order valence-electron chi connectivity index (χ3n) is 2.99. The summed E-state index contributed by atoms with van der Waals surface area (Å²) in [5.74, 6) is -3.11. The normalized spacial score (nSPS) is 12.7. The number of anilines is 1. The molecule has 1 amide bonds. The van der Waals surface area contributed by atoms with Gasteiger partial charge in [0, 0.05) is 5.38 Å². The molecule has 0 aliphatic rings. The average Bonchev–Trinajstić information content (AvgIpc) is 2.95. The van der Waals surface area contributed by atoms with Crippen molar-refractivity contribution in [3.05, 3.63) is 45.9 Å². The fourth-order valence-electron chi connectivity index (χ4n) is 1.77. The molecule has 1 aromatic carbocycles. The molecule has 0 radical (unpaired) electrons. The Hall–Kier alpha value is -2.42. The van der Waals surface area contributed by atoms with Gasteiger partial charge in [0.25, 0.3) is 0 Å². The number of amides is 1. The molecule has 0 bridgehead atoms. The molecule has 2 rings (SSSR count). The van der Waals surface area contributed by atoms with Crippen molar-refractivity contribution in [2.24, 2.45) is 0 Å². The first-order chi connectivity index (χ1) is 10.7. The largest absolute Gasteiger partial charge is 0.543 e. The zero-order valence-electron chi connectivity index (χ0n) is 11.7. The lowest BCUT2D eigenvalue weighted by Gasteiger charge is -2.15. The molecule has 0 fully saturated rings. The lowest BCUT2D eigenvalue weighted by atomic mass is 10.1. The molecule has 0 spiro atoms. The van der Waals surface area contributed by atoms with Crippen LogP contribution in [0.3, 0.4) is 0 Å². The summed E-state index contributed by atoms with van der Waals surface area (Å²) in [6.45, 7) is 1.42. The van der Waals surface area contributed by atoms with E-state index in [9.17, 15) is 27.9 Å². The lowest BCUT2D eigenvalue weighted by Crippen LogP contribution is -2.23. The second-order valence-corrected chi connectivity index (χ2v) is 5.50. The number of carboxylic acid groups (broad SMARTS) is 1. The van der Waals surface area contributed by atoms with Crippen molar-refractivity contribution < 1.29 is 27.9 Å². The van der Waals surface area contributed by atoms with Crippen molar-refractivity contribution in [2.45, 2.75) is 19.0 Å². The minimum atomic E-state index is -4.60. The number of halogens is 3. The number of alkyl halides is 3. The van der Waals surface area contributed by atoms with Crippen LogP contribution in [0.25, 0.3) is 0 Å². The number of carbonyl (C=O) groups excluding carboxylic acids is 2. The van der Waals surface area contributed by atoms with Crippen molar-refractivity contribution in [1.82, 2.24) is 4.98 Å². The molecule has 0 aliphatic heterocycles. The Kier molecular flexibility index (Phi) is 4.69. The smallest absolute Gasteiger partial charge is 0.418 e. The van der Waals surface area contributed by atoms with Gasteiger partial charge in [-0.15, -0.1) is 11.3 Å². The van der Waals surface area contributed by atoms with Gasteiger partial charge in [-0.1, -0.05) is 12.1 Å². The van der Waals surface area contributed by atoms with E-state index in [2.05, 4.69) is 10.3 Å². The molecule has 0 unspecified atom stereocenters. The highest BCUT2D eigenvalue weighted by Crippen LogP contribution is 2.35. The van der Waals surface area contributed by atoms with Gasteiger partial charge in [-0.3, -0.25) is 4.79 Å². The first-order valence-corrected chi connectivity index (χ1v) is 7.22. The monoisotopic (exact) mass is 343 g/mol. The Bertz CT molecular complexity index is 743. The summed E-state index contributed by atoms with van der Waals surface area (Å²) in [5.41, 5.74) is -1.65. The number of aromatic carboxylic acids is 1. The average molecular weight is 343 g/mol. The van der Waals surface area contributed by atoms with Crippen LogP contribution in [0.4, 0.5) is 18.9 Å². The van der Waals surface area contributed by atoms with Gasteiger partial charge in [0.05, 0.1) is 28.8 Å². The minimum absolute atomic E-state index is 0.172. The molecule has 23 heavy (non-hydrogen) atoms. The Morgan fingerprint density at radius 1 is 1.30 bits per heavy atom. The molecule has 1 atom stereocenters. The van der Waals surface area contributed by atoms with Gasteiger partial charge >= 0.3 is 6.18 Å². The Labute approximate surface area is 132 Å². The summed E-state index contributed by atoms with van der Waals surface area (Å²) < 4.78 is 38.6. The van der Waals surface area contributed by atoms with Crippen LogP contribution in [0.2, 0.25) is 0 Å². The first-order valence-electron chi connectivity index (χ1n) is 6.34. The van der Waals surface area contributed by atoms with Crippen molar-refractivity contribution >= 4 is 28.9 Å². The van der Waals surface area contributed by atoms with Crippen molar-refractivity contribution in [3.63, 3.8) is 0 Å². The molecule has 0 aliphatic carbocycles. The van der Waals surface area contributed by atoms with Crippen LogP contribution in [-0.4, -0.2) is 16.9 Å². The van der Waals surface area contributed by atoms with Crippen LogP contribution in [0.1, 0.15) is 33.9 Å². The maximum atomic E-state index is 12.9. The van der Waals surface area contributed by atoms with Crippen LogP contribution in [0.15, 0.2) is 29.6 Å². The molecule has 1 heterocycles. The van der Waals surface area contributed by atoms with Gasteiger partial charge in [-0.05, 0) is 19.1 Å². The van der Waals surface area contributed by atoms with E-state index >= 15 is 0 Å². The summed E-state index contributed by atoms with van der Waals surface area (Å²) in [6, 6.07) is 4.59. The fraction of sp³-hybridized carbons (Fsp3) is 0.214. The first kappa shape index (κ1) is 16.9. The van der Waals surface area contributed by atoms with Crippen molar-refractivity contribution in [1.29, 1.82) is 0 Å². The number of rotatable bonds is 4. The minimum Gasteiger partial charge on any atom is -0.543 e. The SMILES string of the molecule is C[C@@H](C(=O)Nc1ccccc1C(F)(F)F)c1nc(C(=O)[O-])cs1. The standard InChI is InChI=1S/C14H11F3N2O3S/c1-7(12-19-10(6-23-12)13(21)22)11(20)18-9-5-3-2-4-8(9)14(15,16)17/h2-7H,1H3,(H,18,20)(H,21,22)/p-1/t7-/m0/s1. The number of nitrogens with one attached hydrogen (secondary N) is 1. The van der Waals surface area contributed by atoms with Crippen LogP contribution in [0, 0.1) is 0 Å². The molecule has 9 heteroatoms. The van der Waals surface area contributed by atoms with Gasteiger partial charge in [-0.25, -0.2) is 4.98 Å². The number of carboxylic acids is 1. The third kappa shape index (κ3) is 3.86. The third-order valence-corrected chi connectivity index (χ3v) is 4.01. The Morgan fingerprint density at radius 3 is 2.52 bits per heavy atom. The molecular weight excluding hydrogens is 333 g/mol. The second kappa shape index (κ2) is 6.37. The van der Waals surface area contributed by atoms with Gasteiger partial charge in [-0.2, -0.15) is 13.2 Å². The van der Waals surface area contributed by atoms with E-state index in [-0.39, 0.29) is 16.4 Å². The Morgan fingerprint density at radius 2 is 1.96 bits per heavy atom. The highest BCUT2D eigenvalue weighted by atomic mass is 32.1. The highest BCUT2D eigenvalue weighted by Gasteiger charge is 2.34. The highest BCUT2D eigenvalue weighted by molar-refractivity contribution is 7.10. The number of para-hydroxylation sites is 1. The molecule has 0 saturated carbocycles. The fourth-order valence-corrected chi connectivity index (χ4v) is 2.62. The van der Waals surface area contributed by atoms with Gasteiger partial charge in [0.1, 0.15) is 5.01 Å². The zero-order valence-corrected chi connectivity index (χ0v) is 12.5. The summed E-state index contributed by atoms with van der Waals surface area (Å²) >= 11 is 0.920. The zero-order chi connectivity index (χ0) is 17.2. The topological polar surface area (TPSA) is 82.1 Å². The van der Waals surface area contributed by atoms with Gasteiger partial charge < -0.3 is 15.2 Å². The number of hydrogen-bond acceptors (Lipinski definition) is 5. The molecule has 122 valence electrons. The second-order valence-electron chi connectivity index (χ2n) is 4.61. The van der Waals surface area contributed by atoms with Crippen molar-refractivity contribution in [3.8, 4) is 0 Å². The number of thiazole rings is 1. The van der Waals surface area contributed by atoms with Crippen LogP contribution < -0.4 is 10.4 Å². The Balaban J connectivity index is 2.20. The summed E-state index contributed by atoms with van der Waals surface area (Å²) in [6.07, 6.45) is -4.60. The van der Waals surface area contributed by atoms with Crippen LogP contribution in [0.5, 0.6) is 0 Å². The maximum Gasteiger partial charge on any atom is 0.418 e. The predicted octanol–water partition coefficient (Wildman–Crippen LogP) is 2.27. The predicted molar refractivity (Wildman–Crippen MR) is 74.9 cm³/mol. The summed E-state index contributed by atoms with van der Waals surface area (Å²) in [5, 5.41) is 14.2. The molecule has 1 N–H and O–H groups in total. The van der Waals surface area contributed by atoms with E-state index in [1.807, 2.05) is 0 Å². The van der Waals surface area contributed by atoms with Crippen molar-refractivity contribution in [2.75, 3.05) is 5.32 Å². The van der Waals surface area contributed by atoms with Gasteiger partial charge in [0.2, 0.25) is 5.91 Å². The summed E-state index contributed by atoms with van der Waals surface area (Å²) in [7, 11) is 0. The van der Waals surface area contributed by atoms with E-state index in [1.54, 1.807) is 0 Å². The number of benzene rings is 1.